The van der Waals surface area contributed by atoms with Crippen LogP contribution < -0.4 is 24.3 Å². The van der Waals surface area contributed by atoms with E-state index in [-0.39, 0.29) is 23.7 Å². The Labute approximate surface area is 201 Å². The van der Waals surface area contributed by atoms with Gasteiger partial charge in [-0.1, -0.05) is 18.2 Å². The Morgan fingerprint density at radius 1 is 1.03 bits per heavy atom. The highest BCUT2D eigenvalue weighted by Gasteiger charge is 2.46. The van der Waals surface area contributed by atoms with Crippen LogP contribution in [0.2, 0.25) is 0 Å². The zero-order chi connectivity index (χ0) is 23.5. The van der Waals surface area contributed by atoms with Crippen molar-refractivity contribution in [3.8, 4) is 23.0 Å². The third-order valence-corrected chi connectivity index (χ3v) is 7.59. The van der Waals surface area contributed by atoms with E-state index in [1.54, 1.807) is 14.2 Å². The highest BCUT2D eigenvalue weighted by molar-refractivity contribution is 5.77. The Morgan fingerprint density at radius 3 is 2.47 bits per heavy atom. The lowest BCUT2D eigenvalue weighted by Crippen LogP contribution is -2.49. The standard InChI is InChI=1S/C28H35NO5/c1-31-22-11-6-12-23-26(22)21(18-28(34-23)16-7-17-28)29-25(30)15-14-19-8-5-13-24(32-2)27(19)33-20-9-3-4-10-20/h5-6,8,11-13,20-21H,3-4,7,9-10,14-18H2,1-2H3,(H,29,30). The summed E-state index contributed by atoms with van der Waals surface area (Å²) >= 11 is 0. The van der Waals surface area contributed by atoms with Crippen LogP contribution in [-0.4, -0.2) is 31.8 Å². The van der Waals surface area contributed by atoms with Crippen molar-refractivity contribution in [2.45, 2.75) is 82.0 Å². The summed E-state index contributed by atoms with van der Waals surface area (Å²) < 4.78 is 23.9. The first-order chi connectivity index (χ1) is 16.6. The zero-order valence-electron chi connectivity index (χ0n) is 20.2. The van der Waals surface area contributed by atoms with Crippen molar-refractivity contribution in [2.75, 3.05) is 14.2 Å². The molecule has 1 spiro atoms. The van der Waals surface area contributed by atoms with Crippen molar-refractivity contribution in [1.82, 2.24) is 5.32 Å². The maximum absolute atomic E-state index is 13.2. The Bertz CT molecular complexity index is 1030. The van der Waals surface area contributed by atoms with Crippen LogP contribution in [0.1, 0.15) is 75.0 Å². The molecule has 0 saturated heterocycles. The summed E-state index contributed by atoms with van der Waals surface area (Å²) in [5.74, 6) is 3.14. The van der Waals surface area contributed by atoms with Gasteiger partial charge in [0.05, 0.1) is 31.9 Å². The van der Waals surface area contributed by atoms with Gasteiger partial charge < -0.3 is 24.3 Å². The third kappa shape index (κ3) is 4.55. The van der Waals surface area contributed by atoms with Crippen molar-refractivity contribution >= 4 is 5.91 Å². The molecular weight excluding hydrogens is 430 g/mol. The van der Waals surface area contributed by atoms with Crippen molar-refractivity contribution in [3.63, 3.8) is 0 Å². The smallest absolute Gasteiger partial charge is 0.220 e. The molecule has 2 saturated carbocycles. The molecule has 2 aromatic rings. The van der Waals surface area contributed by atoms with Gasteiger partial charge in [-0.25, -0.2) is 0 Å². The number of fused-ring (bicyclic) bond motifs is 1. The summed E-state index contributed by atoms with van der Waals surface area (Å²) in [4.78, 5) is 13.2. The zero-order valence-corrected chi connectivity index (χ0v) is 20.2. The number of hydrogen-bond donors (Lipinski definition) is 1. The fraction of sp³-hybridized carbons (Fsp3) is 0.536. The van der Waals surface area contributed by atoms with E-state index in [1.807, 2.05) is 36.4 Å². The van der Waals surface area contributed by atoms with E-state index in [0.29, 0.717) is 12.8 Å². The van der Waals surface area contributed by atoms with Crippen molar-refractivity contribution in [2.24, 2.45) is 0 Å². The highest BCUT2D eigenvalue weighted by Crippen LogP contribution is 2.51. The van der Waals surface area contributed by atoms with Crippen LogP contribution in [-0.2, 0) is 11.2 Å². The van der Waals surface area contributed by atoms with E-state index in [0.717, 1.165) is 66.2 Å². The van der Waals surface area contributed by atoms with Crippen LogP contribution in [0.3, 0.4) is 0 Å². The molecular formula is C28H35NO5. The molecule has 1 amide bonds. The number of benzene rings is 2. The van der Waals surface area contributed by atoms with Crippen LogP contribution in [0.4, 0.5) is 0 Å². The number of nitrogens with one attached hydrogen (secondary N) is 1. The topological polar surface area (TPSA) is 66.0 Å². The molecule has 1 N–H and O–H groups in total. The number of ether oxygens (including phenoxy) is 4. The van der Waals surface area contributed by atoms with Gasteiger partial charge in [-0.3, -0.25) is 4.79 Å². The number of carbonyl (C=O) groups is 1. The average Bonchev–Trinajstić information content (AvgIpc) is 3.35. The van der Waals surface area contributed by atoms with E-state index in [9.17, 15) is 4.79 Å². The average molecular weight is 466 g/mol. The molecule has 2 aromatic carbocycles. The first-order valence-electron chi connectivity index (χ1n) is 12.6. The molecule has 0 bridgehead atoms. The van der Waals surface area contributed by atoms with Crippen LogP contribution in [0.15, 0.2) is 36.4 Å². The Morgan fingerprint density at radius 2 is 1.76 bits per heavy atom. The Hall–Kier alpha value is -2.89. The second-order valence-corrected chi connectivity index (χ2v) is 9.81. The number of para-hydroxylation sites is 1. The normalized spacial score (nSPS) is 20.7. The SMILES string of the molecule is COc1cccc(CCC(=O)NC2CC3(CCC3)Oc3cccc(OC)c32)c1OC1CCCC1. The number of carbonyl (C=O) groups excluding carboxylic acids is 1. The second kappa shape index (κ2) is 9.77. The van der Waals surface area contributed by atoms with Crippen molar-refractivity contribution in [3.05, 3.63) is 47.5 Å². The Balaban J connectivity index is 1.30. The van der Waals surface area contributed by atoms with Crippen molar-refractivity contribution < 1.29 is 23.7 Å². The summed E-state index contributed by atoms with van der Waals surface area (Å²) in [7, 11) is 3.33. The molecule has 0 radical (unpaired) electrons. The van der Waals surface area contributed by atoms with Gasteiger partial charge in [0.15, 0.2) is 11.5 Å². The number of rotatable bonds is 8. The van der Waals surface area contributed by atoms with Crippen LogP contribution >= 0.6 is 0 Å². The molecule has 34 heavy (non-hydrogen) atoms. The van der Waals surface area contributed by atoms with Gasteiger partial charge >= 0.3 is 0 Å². The largest absolute Gasteiger partial charge is 0.496 e. The summed E-state index contributed by atoms with van der Waals surface area (Å²) in [5.41, 5.74) is 1.80. The summed E-state index contributed by atoms with van der Waals surface area (Å²) in [6, 6.07) is 11.7. The van der Waals surface area contributed by atoms with E-state index < -0.39 is 0 Å². The molecule has 182 valence electrons. The second-order valence-electron chi connectivity index (χ2n) is 9.81. The minimum atomic E-state index is -0.160. The van der Waals surface area contributed by atoms with Gasteiger partial charge in [-0.15, -0.1) is 0 Å². The predicted octanol–water partition coefficient (Wildman–Crippen LogP) is 5.52. The lowest BCUT2D eigenvalue weighted by molar-refractivity contribution is -0.123. The highest BCUT2D eigenvalue weighted by atomic mass is 16.5. The fourth-order valence-corrected chi connectivity index (χ4v) is 5.62. The van der Waals surface area contributed by atoms with Gasteiger partial charge in [0.2, 0.25) is 5.91 Å². The monoisotopic (exact) mass is 465 g/mol. The first-order valence-corrected chi connectivity index (χ1v) is 12.6. The molecule has 1 unspecified atom stereocenters. The number of aryl methyl sites for hydroxylation is 1. The molecule has 6 nitrogen and oxygen atoms in total. The molecule has 0 aromatic heterocycles. The predicted molar refractivity (Wildman–Crippen MR) is 130 cm³/mol. The molecule has 2 fully saturated rings. The van der Waals surface area contributed by atoms with Crippen molar-refractivity contribution in [1.29, 1.82) is 0 Å². The molecule has 5 rings (SSSR count). The number of hydrogen-bond acceptors (Lipinski definition) is 5. The van der Waals surface area contributed by atoms with Gasteiger partial charge in [-0.05, 0) is 75.1 Å². The Kier molecular flexibility index (Phi) is 6.57. The molecule has 3 aliphatic rings. The molecule has 6 heteroatoms. The molecule has 1 aliphatic heterocycles. The quantitative estimate of drug-likeness (QED) is 0.556. The summed E-state index contributed by atoms with van der Waals surface area (Å²) in [6.07, 6.45) is 9.76. The minimum Gasteiger partial charge on any atom is -0.496 e. The summed E-state index contributed by atoms with van der Waals surface area (Å²) in [6.45, 7) is 0. The first kappa shape index (κ1) is 22.9. The van der Waals surface area contributed by atoms with Crippen LogP contribution in [0, 0.1) is 0 Å². The van der Waals surface area contributed by atoms with E-state index in [4.69, 9.17) is 18.9 Å². The maximum atomic E-state index is 13.2. The van der Waals surface area contributed by atoms with Crippen LogP contribution in [0.5, 0.6) is 23.0 Å². The van der Waals surface area contributed by atoms with Gasteiger partial charge in [0.25, 0.3) is 0 Å². The lowest BCUT2D eigenvalue weighted by atomic mass is 9.72. The van der Waals surface area contributed by atoms with Gasteiger partial charge in [-0.2, -0.15) is 0 Å². The number of methoxy groups -OCH3 is 2. The van der Waals surface area contributed by atoms with Crippen LogP contribution in [0.25, 0.3) is 0 Å². The van der Waals surface area contributed by atoms with Gasteiger partial charge in [0, 0.05) is 12.8 Å². The third-order valence-electron chi connectivity index (χ3n) is 7.59. The fourth-order valence-electron chi connectivity index (χ4n) is 5.62. The maximum Gasteiger partial charge on any atom is 0.220 e. The summed E-state index contributed by atoms with van der Waals surface area (Å²) in [5, 5.41) is 3.29. The molecule has 1 atom stereocenters. The molecule has 1 heterocycles. The van der Waals surface area contributed by atoms with Gasteiger partial charge in [0.1, 0.15) is 17.1 Å². The van der Waals surface area contributed by atoms with E-state index in [1.165, 1.54) is 19.3 Å². The van der Waals surface area contributed by atoms with E-state index >= 15 is 0 Å². The van der Waals surface area contributed by atoms with E-state index in [2.05, 4.69) is 5.32 Å². The number of amides is 1. The molecule has 2 aliphatic carbocycles. The lowest BCUT2D eigenvalue weighted by Gasteiger charge is -2.48. The minimum absolute atomic E-state index is 0.0212.